The Balaban J connectivity index is -0.0000000512. The molecule has 2 aliphatic rings. The predicted octanol–water partition coefficient (Wildman–Crippen LogP) is 5.00. The first-order valence-corrected chi connectivity index (χ1v) is 10.0. The Morgan fingerprint density at radius 2 is 1.10 bits per heavy atom. The average Bonchev–Trinajstić information content (AvgIpc) is 3.11. The quantitative estimate of drug-likeness (QED) is 0.418. The van der Waals surface area contributed by atoms with Gasteiger partial charge < -0.3 is 13.8 Å². The van der Waals surface area contributed by atoms with Crippen LogP contribution in [-0.2, 0) is 19.2 Å². The van der Waals surface area contributed by atoms with Crippen molar-refractivity contribution in [3.05, 3.63) is 61.4 Å². The molecule has 0 aromatic rings. The molecule has 0 atom stereocenters. The summed E-state index contributed by atoms with van der Waals surface area (Å²) in [5, 5.41) is 0. The van der Waals surface area contributed by atoms with Crippen molar-refractivity contribution in [3.63, 3.8) is 0 Å². The van der Waals surface area contributed by atoms with Crippen LogP contribution in [0.15, 0.2) is 35.5 Å². The standard InChI is InChI=1S/2C6H7.2C2H5.2ClH.H2Si.Ti/c2*1-6-4-2-3-5-6;2*1-2;;;;/h2*4-5H,2H2,1H3;2*1H2,2H3;2*1H;1H2;/q4*-1;;;;. The third-order valence-electron chi connectivity index (χ3n) is 1.74. The average molecular weight is 367 g/mol. The third kappa shape index (κ3) is 26.9. The molecule has 0 aliphatic heterocycles. The number of allylic oxidation sites excluding steroid dienone is 8. The Kier molecular flexibility index (Phi) is 51.4. The fourth-order valence-corrected chi connectivity index (χ4v) is 0.998. The minimum absolute atomic E-state index is 0. The molecule has 118 valence electrons. The van der Waals surface area contributed by atoms with E-state index in [1.165, 1.54) is 11.1 Å². The molecule has 2 rings (SSSR count). The summed E-state index contributed by atoms with van der Waals surface area (Å²) in [7, 11) is 1.86. The molecule has 0 amide bonds. The summed E-state index contributed by atoms with van der Waals surface area (Å²) in [6.45, 7) is 14.2. The zero-order valence-corrected chi connectivity index (χ0v) is 17.8. The molecule has 0 nitrogen and oxygen atoms in total. The van der Waals surface area contributed by atoms with Gasteiger partial charge in [-0.15, -0.1) is 51.5 Å². The summed E-state index contributed by atoms with van der Waals surface area (Å²) < 4.78 is 0. The molecule has 0 radical (unpaired) electrons. The molecule has 4 heteroatoms. The van der Waals surface area contributed by atoms with Crippen molar-refractivity contribution in [2.75, 3.05) is 0 Å². The van der Waals surface area contributed by atoms with Crippen molar-refractivity contribution in [1.29, 1.82) is 0 Å². The molecule has 0 unspecified atom stereocenters. The SMILES string of the molecule is CC1=CC[C-]=C1.CC1=CC[C-]=C1.Cl.Cl.[CH2-]C.[CH2-]C.[SiH2]=[Ti]. The second kappa shape index (κ2) is 31.7. The summed E-state index contributed by atoms with van der Waals surface area (Å²) in [6, 6.07) is 0. The molecule has 0 saturated carbocycles. The van der Waals surface area contributed by atoms with Gasteiger partial charge in [0.25, 0.3) is 0 Å². The fourth-order valence-electron chi connectivity index (χ4n) is 0.998. The number of hydrogen-bond acceptors (Lipinski definition) is 0. The van der Waals surface area contributed by atoms with Gasteiger partial charge in [0.2, 0.25) is 0 Å². The summed E-state index contributed by atoms with van der Waals surface area (Å²) in [5.41, 5.74) is 2.69. The van der Waals surface area contributed by atoms with Gasteiger partial charge in [0.1, 0.15) is 0 Å². The van der Waals surface area contributed by atoms with E-state index < -0.39 is 0 Å². The normalized spacial score (nSPS) is 11.8. The van der Waals surface area contributed by atoms with Crippen molar-refractivity contribution in [1.82, 2.24) is 0 Å². The molecular formula is C16H28Cl2SiTi-4. The van der Waals surface area contributed by atoms with Gasteiger partial charge in [-0.1, -0.05) is 0 Å². The molecule has 0 bridgehead atoms. The molecule has 0 aromatic carbocycles. The van der Waals surface area contributed by atoms with Crippen LogP contribution in [0.5, 0.6) is 0 Å². The van der Waals surface area contributed by atoms with Crippen LogP contribution in [0.2, 0.25) is 0 Å². The van der Waals surface area contributed by atoms with Crippen molar-refractivity contribution in [3.8, 4) is 0 Å². The van der Waals surface area contributed by atoms with Crippen LogP contribution >= 0.6 is 24.8 Å². The first-order chi connectivity index (χ1) is 8.79. The van der Waals surface area contributed by atoms with E-state index in [9.17, 15) is 0 Å². The van der Waals surface area contributed by atoms with E-state index in [0.29, 0.717) is 0 Å². The number of halogens is 2. The van der Waals surface area contributed by atoms with Gasteiger partial charge in [-0.05, 0) is 0 Å². The van der Waals surface area contributed by atoms with E-state index in [1.54, 1.807) is 13.8 Å². The van der Waals surface area contributed by atoms with Gasteiger partial charge in [0, 0.05) is 0 Å². The van der Waals surface area contributed by atoms with Crippen LogP contribution in [0.3, 0.4) is 0 Å². The van der Waals surface area contributed by atoms with Crippen LogP contribution in [0, 0.1) is 26.0 Å². The zero-order chi connectivity index (χ0) is 14.8. The molecule has 20 heavy (non-hydrogen) atoms. The second-order valence-corrected chi connectivity index (χ2v) is 3.00. The second-order valence-electron chi connectivity index (χ2n) is 3.00. The molecular weight excluding hydrogens is 339 g/mol. The molecule has 2 aliphatic carbocycles. The summed E-state index contributed by atoms with van der Waals surface area (Å²) >= 11 is 2.03. The van der Waals surface area contributed by atoms with Crippen LogP contribution < -0.4 is 0 Å². The van der Waals surface area contributed by atoms with Gasteiger partial charge in [0.05, 0.1) is 0 Å². The summed E-state index contributed by atoms with van der Waals surface area (Å²) in [5.74, 6) is 0. The van der Waals surface area contributed by atoms with Gasteiger partial charge in [0.15, 0.2) is 0 Å². The Labute approximate surface area is 153 Å². The van der Waals surface area contributed by atoms with Crippen molar-refractivity contribution in [2.24, 2.45) is 0 Å². The Morgan fingerprint density at radius 3 is 1.15 bits per heavy atom. The van der Waals surface area contributed by atoms with Gasteiger partial charge in [-0.25, -0.2) is 23.3 Å². The maximum atomic E-state index is 3.25. The first-order valence-electron chi connectivity index (χ1n) is 6.02. The van der Waals surface area contributed by atoms with Gasteiger partial charge in [-0.2, -0.15) is 26.0 Å². The topological polar surface area (TPSA) is 0 Å². The Bertz CT molecular complexity index is 249. The van der Waals surface area contributed by atoms with Crippen molar-refractivity contribution >= 4 is 32.4 Å². The van der Waals surface area contributed by atoms with Crippen LogP contribution in [0.1, 0.15) is 40.5 Å². The molecule has 0 spiro atoms. The van der Waals surface area contributed by atoms with E-state index in [0.717, 1.165) is 12.8 Å². The van der Waals surface area contributed by atoms with E-state index in [1.807, 2.05) is 39.0 Å². The van der Waals surface area contributed by atoms with Gasteiger partial charge >= 0.3 is 26.8 Å². The summed E-state index contributed by atoms with van der Waals surface area (Å²) in [4.78, 5) is 0. The molecule has 0 fully saturated rings. The monoisotopic (exact) mass is 366 g/mol. The third-order valence-corrected chi connectivity index (χ3v) is 1.74. The summed E-state index contributed by atoms with van der Waals surface area (Å²) in [6.07, 6.45) is 16.5. The van der Waals surface area contributed by atoms with E-state index in [4.69, 9.17) is 0 Å². The van der Waals surface area contributed by atoms with Crippen molar-refractivity contribution in [2.45, 2.75) is 40.5 Å². The predicted molar refractivity (Wildman–Crippen MR) is 97.5 cm³/mol. The fraction of sp³-hybridized carbons (Fsp3) is 0.375. The minimum atomic E-state index is 0. The van der Waals surface area contributed by atoms with Gasteiger partial charge in [-0.3, -0.25) is 12.2 Å². The number of rotatable bonds is 0. The molecule has 0 N–H and O–H groups in total. The molecule has 0 aromatic heterocycles. The maximum absolute atomic E-state index is 3.25. The zero-order valence-electron chi connectivity index (χ0n) is 13.2. The first kappa shape index (κ1) is 32.4. The Morgan fingerprint density at radius 1 is 0.850 bits per heavy atom. The van der Waals surface area contributed by atoms with E-state index in [2.05, 4.69) is 52.0 Å². The molecule has 0 heterocycles. The van der Waals surface area contributed by atoms with Crippen molar-refractivity contribution < 1.29 is 19.2 Å². The van der Waals surface area contributed by atoms with E-state index >= 15 is 0 Å². The van der Waals surface area contributed by atoms with Crippen LogP contribution in [0.4, 0.5) is 0 Å². The number of hydrogen-bond donors (Lipinski definition) is 0. The Hall–Kier alpha value is 0.471. The molecule has 0 saturated heterocycles. The van der Waals surface area contributed by atoms with Crippen LogP contribution in [0.25, 0.3) is 0 Å². The van der Waals surface area contributed by atoms with E-state index in [-0.39, 0.29) is 24.8 Å². The van der Waals surface area contributed by atoms with Crippen LogP contribution in [-0.4, -0.2) is 7.63 Å².